The molecule has 0 spiro atoms. The maximum Gasteiger partial charge on any atom is 0.121 e. The zero-order valence-corrected chi connectivity index (χ0v) is 12.2. The summed E-state index contributed by atoms with van der Waals surface area (Å²) in [5, 5.41) is 10.7. The molecule has 0 aliphatic carbocycles. The molecule has 0 radical (unpaired) electrons. The van der Waals surface area contributed by atoms with E-state index in [0.29, 0.717) is 0 Å². The van der Waals surface area contributed by atoms with Gasteiger partial charge in [0, 0.05) is 23.7 Å². The molecule has 1 aromatic carbocycles. The molecule has 6 heteroatoms. The first-order valence-electron chi connectivity index (χ1n) is 5.97. The van der Waals surface area contributed by atoms with Crippen LogP contribution in [-0.2, 0) is 0 Å². The average molecular weight is 303 g/mol. The highest BCUT2D eigenvalue weighted by molar-refractivity contribution is 7.19. The summed E-state index contributed by atoms with van der Waals surface area (Å²) in [5.41, 5.74) is 3.74. The third kappa shape index (κ3) is 2.50. The van der Waals surface area contributed by atoms with Crippen LogP contribution in [0.25, 0.3) is 21.7 Å². The minimum Gasteiger partial charge on any atom is -0.294 e. The summed E-state index contributed by atoms with van der Waals surface area (Å²) in [6.45, 7) is 0. The van der Waals surface area contributed by atoms with Crippen molar-refractivity contribution in [3.8, 4) is 21.7 Å². The Kier molecular flexibility index (Phi) is 3.62. The maximum absolute atomic E-state index is 5.96. The second-order valence-electron chi connectivity index (χ2n) is 4.14. The Hall–Kier alpha value is -1.98. The Morgan fingerprint density at radius 3 is 2.55 bits per heavy atom. The molecular formula is C14H11ClN4S. The fourth-order valence-corrected chi connectivity index (χ4v) is 2.98. The second-order valence-corrected chi connectivity index (χ2v) is 5.86. The number of nitrogens with zero attached hydrogens (tertiary/aromatic N) is 3. The number of halogens is 1. The van der Waals surface area contributed by atoms with Crippen LogP contribution in [0.2, 0.25) is 4.34 Å². The molecule has 0 fully saturated rings. The number of rotatable bonds is 3. The van der Waals surface area contributed by atoms with Crippen LogP contribution in [0.5, 0.6) is 0 Å². The number of aliphatic imine (C=N–C) groups is 1. The lowest BCUT2D eigenvalue weighted by atomic mass is 10.1. The molecule has 100 valence electrons. The monoisotopic (exact) mass is 302 g/mol. The van der Waals surface area contributed by atoms with Gasteiger partial charge >= 0.3 is 0 Å². The molecule has 1 N–H and O–H groups in total. The van der Waals surface area contributed by atoms with E-state index in [1.54, 1.807) is 24.6 Å². The van der Waals surface area contributed by atoms with Crippen molar-refractivity contribution >= 4 is 29.2 Å². The molecule has 0 amide bonds. The highest BCUT2D eigenvalue weighted by atomic mass is 35.5. The molecule has 0 aliphatic rings. The Balaban J connectivity index is 1.95. The third-order valence-corrected chi connectivity index (χ3v) is 4.13. The molecule has 0 bridgehead atoms. The van der Waals surface area contributed by atoms with Gasteiger partial charge in [0.15, 0.2) is 0 Å². The Morgan fingerprint density at radius 2 is 1.90 bits per heavy atom. The lowest BCUT2D eigenvalue weighted by molar-refractivity contribution is 0.940. The number of nitrogens with one attached hydrogen (secondary N) is 1. The lowest BCUT2D eigenvalue weighted by Gasteiger charge is -2.00. The molecule has 3 rings (SSSR count). The summed E-state index contributed by atoms with van der Waals surface area (Å²) < 4.78 is 0.794. The third-order valence-electron chi connectivity index (χ3n) is 2.85. The molecule has 20 heavy (non-hydrogen) atoms. The normalized spacial score (nSPS) is 11.3. The predicted octanol–water partition coefficient (Wildman–Crippen LogP) is 3.90. The number of aromatic nitrogens is 3. The summed E-state index contributed by atoms with van der Waals surface area (Å²) in [6, 6.07) is 12.1. The molecule has 0 aliphatic heterocycles. The van der Waals surface area contributed by atoms with E-state index in [2.05, 4.69) is 32.5 Å². The van der Waals surface area contributed by atoms with E-state index >= 15 is 0 Å². The van der Waals surface area contributed by atoms with Gasteiger partial charge in [-0.2, -0.15) is 0 Å². The topological polar surface area (TPSA) is 53.9 Å². The van der Waals surface area contributed by atoms with Crippen molar-refractivity contribution in [3.63, 3.8) is 0 Å². The van der Waals surface area contributed by atoms with Crippen molar-refractivity contribution in [3.05, 3.63) is 46.4 Å². The van der Waals surface area contributed by atoms with E-state index in [0.717, 1.165) is 31.7 Å². The standard InChI is InChI=1S/C14H11ClN4S/c1-16-8-11-14(18-19-17-11)10-4-2-9(3-5-10)12-6-7-13(15)20-12/h2-8H,1H3,(H,17,18,19)/b16-8+. The Bertz CT molecular complexity index is 743. The van der Waals surface area contributed by atoms with Crippen molar-refractivity contribution in [2.24, 2.45) is 4.99 Å². The smallest absolute Gasteiger partial charge is 0.121 e. The first-order valence-corrected chi connectivity index (χ1v) is 7.17. The molecule has 0 atom stereocenters. The van der Waals surface area contributed by atoms with E-state index in [4.69, 9.17) is 11.6 Å². The Morgan fingerprint density at radius 1 is 1.15 bits per heavy atom. The van der Waals surface area contributed by atoms with Gasteiger partial charge in [-0.25, -0.2) is 0 Å². The number of hydrogen-bond acceptors (Lipinski definition) is 4. The van der Waals surface area contributed by atoms with Gasteiger partial charge in [0.05, 0.1) is 4.34 Å². The molecule has 0 saturated carbocycles. The minimum absolute atomic E-state index is 0.794. The fraction of sp³-hybridized carbons (Fsp3) is 0.0714. The molecule has 2 aromatic heterocycles. The summed E-state index contributed by atoms with van der Waals surface area (Å²) in [5.74, 6) is 0. The number of hydrogen-bond donors (Lipinski definition) is 1. The number of aromatic amines is 1. The van der Waals surface area contributed by atoms with Crippen molar-refractivity contribution in [2.45, 2.75) is 0 Å². The van der Waals surface area contributed by atoms with Crippen LogP contribution >= 0.6 is 22.9 Å². The van der Waals surface area contributed by atoms with E-state index in [1.807, 2.05) is 24.3 Å². The molecule has 0 unspecified atom stereocenters. The summed E-state index contributed by atoms with van der Waals surface area (Å²) in [4.78, 5) is 5.13. The molecular weight excluding hydrogens is 292 g/mol. The molecule has 0 saturated heterocycles. The van der Waals surface area contributed by atoms with Gasteiger partial charge < -0.3 is 0 Å². The van der Waals surface area contributed by atoms with Gasteiger partial charge in [-0.3, -0.25) is 10.1 Å². The van der Waals surface area contributed by atoms with Crippen LogP contribution < -0.4 is 0 Å². The predicted molar refractivity (Wildman–Crippen MR) is 83.7 cm³/mol. The molecule has 4 nitrogen and oxygen atoms in total. The highest BCUT2D eigenvalue weighted by Crippen LogP contribution is 2.32. The molecule has 3 aromatic rings. The van der Waals surface area contributed by atoms with Gasteiger partial charge in [0.1, 0.15) is 11.4 Å². The summed E-state index contributed by atoms with van der Waals surface area (Å²) in [7, 11) is 1.72. The van der Waals surface area contributed by atoms with Crippen molar-refractivity contribution < 1.29 is 0 Å². The van der Waals surface area contributed by atoms with Crippen LogP contribution in [0, 0.1) is 0 Å². The van der Waals surface area contributed by atoms with Gasteiger partial charge in [0.25, 0.3) is 0 Å². The minimum atomic E-state index is 0.794. The summed E-state index contributed by atoms with van der Waals surface area (Å²) >= 11 is 7.53. The number of benzene rings is 1. The fourth-order valence-electron chi connectivity index (χ4n) is 1.93. The van der Waals surface area contributed by atoms with Crippen molar-refractivity contribution in [2.75, 3.05) is 7.05 Å². The van der Waals surface area contributed by atoms with Crippen LogP contribution in [0.1, 0.15) is 5.69 Å². The van der Waals surface area contributed by atoms with E-state index in [1.165, 1.54) is 0 Å². The average Bonchev–Trinajstić information content (AvgIpc) is 3.09. The van der Waals surface area contributed by atoms with Crippen molar-refractivity contribution in [1.29, 1.82) is 0 Å². The lowest BCUT2D eigenvalue weighted by Crippen LogP contribution is -1.87. The van der Waals surface area contributed by atoms with Gasteiger partial charge in [-0.05, 0) is 17.7 Å². The quantitative estimate of drug-likeness (QED) is 0.746. The highest BCUT2D eigenvalue weighted by Gasteiger charge is 2.08. The largest absolute Gasteiger partial charge is 0.294 e. The van der Waals surface area contributed by atoms with E-state index < -0.39 is 0 Å². The first kappa shape index (κ1) is 13.0. The van der Waals surface area contributed by atoms with Crippen LogP contribution in [0.15, 0.2) is 41.4 Å². The number of H-pyrrole nitrogens is 1. The van der Waals surface area contributed by atoms with Gasteiger partial charge in [-0.1, -0.05) is 41.1 Å². The van der Waals surface area contributed by atoms with E-state index in [9.17, 15) is 0 Å². The number of thiophene rings is 1. The van der Waals surface area contributed by atoms with Gasteiger partial charge in [-0.15, -0.1) is 16.4 Å². The van der Waals surface area contributed by atoms with Crippen molar-refractivity contribution in [1.82, 2.24) is 15.4 Å². The maximum atomic E-state index is 5.96. The second kappa shape index (κ2) is 5.56. The zero-order chi connectivity index (χ0) is 13.9. The van der Waals surface area contributed by atoms with Crippen LogP contribution in [0.3, 0.4) is 0 Å². The van der Waals surface area contributed by atoms with Gasteiger partial charge in [0.2, 0.25) is 0 Å². The zero-order valence-electron chi connectivity index (χ0n) is 10.7. The van der Waals surface area contributed by atoms with Crippen LogP contribution in [0.4, 0.5) is 0 Å². The summed E-state index contributed by atoms with van der Waals surface area (Å²) in [6.07, 6.45) is 1.71. The van der Waals surface area contributed by atoms with Crippen LogP contribution in [-0.4, -0.2) is 28.7 Å². The molecule has 2 heterocycles. The van der Waals surface area contributed by atoms with E-state index in [-0.39, 0.29) is 0 Å². The first-order chi connectivity index (χ1) is 9.78. The SMILES string of the molecule is C/N=C/c1[nH]nnc1-c1ccc(-c2ccc(Cl)s2)cc1. The Labute approximate surface area is 125 Å².